The van der Waals surface area contributed by atoms with Gasteiger partial charge in [0.1, 0.15) is 67.6 Å². The largest absolute Gasteiger partial charge is 0.488 e. The lowest BCUT2D eigenvalue weighted by Gasteiger charge is -2.19. The number of aliphatic carboxylic acids is 2. The molecule has 2 heterocycles. The zero-order valence-electron chi connectivity index (χ0n) is 37.9. The number of ether oxygens (including phenoxy) is 4. The van der Waals surface area contributed by atoms with E-state index in [1.807, 2.05) is 56.3 Å². The third-order valence-corrected chi connectivity index (χ3v) is 11.6. The van der Waals surface area contributed by atoms with Gasteiger partial charge in [-0.3, -0.25) is 35.2 Å². The molecule has 0 aliphatic heterocycles. The Morgan fingerprint density at radius 1 is 0.667 bits per heavy atom. The quantitative estimate of drug-likeness (QED) is 0.0325. The lowest BCUT2D eigenvalue weighted by molar-refractivity contribution is -0.141. The molecule has 2 unspecified atom stereocenters. The van der Waals surface area contributed by atoms with Gasteiger partial charge in [0.25, 0.3) is 0 Å². The van der Waals surface area contributed by atoms with Gasteiger partial charge in [0, 0.05) is 91.1 Å². The molecule has 0 spiro atoms. The zero-order chi connectivity index (χ0) is 49.5. The van der Waals surface area contributed by atoms with Gasteiger partial charge < -0.3 is 39.4 Å². The summed E-state index contributed by atoms with van der Waals surface area (Å²) in [4.78, 5) is 35.6. The molecule has 0 radical (unpaired) electrons. The first-order chi connectivity index (χ1) is 33.3. The molecule has 6 aromatic rings. The van der Waals surface area contributed by atoms with Crippen molar-refractivity contribution in [2.24, 2.45) is 4.99 Å². The summed E-state index contributed by atoms with van der Waals surface area (Å²) in [7, 11) is 1.67. The fourth-order valence-corrected chi connectivity index (χ4v) is 7.66. The summed E-state index contributed by atoms with van der Waals surface area (Å²) in [5.41, 5.74) is 9.28. The Labute approximate surface area is 408 Å². The molecule has 69 heavy (non-hydrogen) atoms. The van der Waals surface area contributed by atoms with E-state index in [-0.39, 0.29) is 49.6 Å². The smallest absolute Gasteiger partial charge is 0.323 e. The molecule has 6 N–H and O–H groups in total. The molecule has 2 aromatic heterocycles. The van der Waals surface area contributed by atoms with E-state index >= 15 is 0 Å². The van der Waals surface area contributed by atoms with Gasteiger partial charge >= 0.3 is 11.9 Å². The van der Waals surface area contributed by atoms with Gasteiger partial charge in [0.05, 0.1) is 28.8 Å². The van der Waals surface area contributed by atoms with E-state index in [0.29, 0.717) is 45.3 Å². The van der Waals surface area contributed by atoms with Crippen LogP contribution in [0.1, 0.15) is 55.6 Å². The first kappa shape index (κ1) is 51.3. The molecule has 0 aliphatic carbocycles. The summed E-state index contributed by atoms with van der Waals surface area (Å²) >= 11 is 13.5. The van der Waals surface area contributed by atoms with Crippen LogP contribution in [0.5, 0.6) is 23.0 Å². The average Bonchev–Trinajstić information content (AvgIpc) is 3.34. The number of carboxylic acid groups (broad SMARTS) is 2. The van der Waals surface area contributed by atoms with Crippen LogP contribution in [-0.2, 0) is 49.1 Å². The van der Waals surface area contributed by atoms with Gasteiger partial charge in [-0.05, 0) is 71.5 Å². The van der Waals surface area contributed by atoms with E-state index in [1.54, 1.807) is 62.2 Å². The highest BCUT2D eigenvalue weighted by Crippen LogP contribution is 2.37. The number of nitrogens with one attached hydrogen (secondary N) is 2. The number of aliphatic hydroxyl groups is 2. The molecule has 0 amide bonds. The van der Waals surface area contributed by atoms with Crippen LogP contribution in [0.4, 0.5) is 0 Å². The first-order valence-electron chi connectivity index (χ1n) is 21.5. The second-order valence-electron chi connectivity index (χ2n) is 15.7. The number of benzene rings is 4. The van der Waals surface area contributed by atoms with Crippen molar-refractivity contribution in [1.82, 2.24) is 20.6 Å². The van der Waals surface area contributed by atoms with Crippen molar-refractivity contribution < 1.29 is 49.0 Å². The Hall–Kier alpha value is -7.10. The van der Waals surface area contributed by atoms with E-state index in [4.69, 9.17) is 42.1 Å². The predicted molar refractivity (Wildman–Crippen MR) is 259 cm³/mol. The number of carbonyl (C=O) groups is 2. The maximum absolute atomic E-state index is 11.6. The maximum Gasteiger partial charge on any atom is 0.323 e. The highest BCUT2D eigenvalue weighted by atomic mass is 35.5. The van der Waals surface area contributed by atoms with Crippen molar-refractivity contribution in [1.29, 1.82) is 5.26 Å². The number of halogens is 2. The molecule has 0 saturated heterocycles. The normalized spacial score (nSPS) is 12.0. The molecule has 358 valence electrons. The fourth-order valence-electron chi connectivity index (χ4n) is 7.17. The maximum atomic E-state index is 11.6. The number of hydrogen-bond donors (Lipinski definition) is 6. The number of aliphatic imine (C=N–C) groups is 1. The van der Waals surface area contributed by atoms with Crippen LogP contribution in [0.3, 0.4) is 0 Å². The van der Waals surface area contributed by atoms with E-state index in [2.05, 4.69) is 31.7 Å². The summed E-state index contributed by atoms with van der Waals surface area (Å²) in [6.45, 7) is 3.29. The molecule has 16 nitrogen and oxygen atoms in total. The molecule has 0 saturated carbocycles. The SMILES string of the molecule is C/N=C/c1cncc(COc2cc(OCc3cccc(-c4cccc(COc5cc(OCc6cncc(C#N)c6)c(CNC(CO)C(=O)O)cc5Cl)c4C)c3C)c(Cl)cc2CNC(CO)C(=O)O)c1. The number of carboxylic acids is 2. The van der Waals surface area contributed by atoms with Crippen LogP contribution < -0.4 is 29.6 Å². The third kappa shape index (κ3) is 13.8. The van der Waals surface area contributed by atoms with Crippen LogP contribution in [0, 0.1) is 25.2 Å². The summed E-state index contributed by atoms with van der Waals surface area (Å²) in [6.07, 6.45) is 8.05. The Balaban J connectivity index is 1.20. The molecule has 0 fully saturated rings. The minimum Gasteiger partial charge on any atom is -0.488 e. The van der Waals surface area contributed by atoms with Gasteiger partial charge in [-0.15, -0.1) is 0 Å². The predicted octanol–water partition coefficient (Wildman–Crippen LogP) is 7.37. The summed E-state index contributed by atoms with van der Waals surface area (Å²) in [6, 6.07) is 21.6. The van der Waals surface area contributed by atoms with Crippen molar-refractivity contribution in [2.75, 3.05) is 20.3 Å². The Morgan fingerprint density at radius 3 is 1.58 bits per heavy atom. The molecule has 0 aliphatic rings. The summed E-state index contributed by atoms with van der Waals surface area (Å²) in [5.74, 6) is -1.02. The third-order valence-electron chi connectivity index (χ3n) is 11.0. The minimum atomic E-state index is -1.22. The molecule has 2 atom stereocenters. The molecule has 6 rings (SSSR count). The van der Waals surface area contributed by atoms with Gasteiger partial charge in [-0.25, -0.2) is 0 Å². The van der Waals surface area contributed by atoms with Crippen LogP contribution in [0.15, 0.2) is 103 Å². The summed E-state index contributed by atoms with van der Waals surface area (Å²) in [5, 5.41) is 53.6. The molecule has 18 heteroatoms. The van der Waals surface area contributed by atoms with Crippen LogP contribution >= 0.6 is 23.2 Å². The average molecular weight is 978 g/mol. The van der Waals surface area contributed by atoms with E-state index in [0.717, 1.165) is 44.5 Å². The van der Waals surface area contributed by atoms with Crippen LogP contribution in [0.25, 0.3) is 11.1 Å². The van der Waals surface area contributed by atoms with Crippen LogP contribution in [-0.4, -0.2) is 80.9 Å². The molecule has 0 bridgehead atoms. The summed E-state index contributed by atoms with van der Waals surface area (Å²) < 4.78 is 25.1. The van der Waals surface area contributed by atoms with E-state index in [9.17, 15) is 35.3 Å². The molecular weight excluding hydrogens is 927 g/mol. The standard InChI is InChI=1S/C51H50Cl2N6O10/c1-30-36(28-68-48-14-46(66-26-34-10-32(16-54)18-56-20-34)38(12-42(48)52)22-58-44(24-60)50(62)63)6-4-8-40(30)41-9-5-7-37(31(41)2)29-69-49-15-47(67-27-35-11-33(17-55-3)19-57-21-35)39(13-43(49)53)23-59-45(25-61)51(64)65/h4-15,17-21,44-45,58-61H,22-29H2,1-3H3,(H,62,63)(H,64,65)/b55-17+. The van der Waals surface area contributed by atoms with Crippen molar-refractivity contribution in [3.63, 3.8) is 0 Å². The van der Waals surface area contributed by atoms with Gasteiger partial charge in [0.2, 0.25) is 0 Å². The lowest BCUT2D eigenvalue weighted by atomic mass is 9.92. The number of aromatic nitrogens is 2. The lowest BCUT2D eigenvalue weighted by Crippen LogP contribution is -2.39. The second-order valence-corrected chi connectivity index (χ2v) is 16.5. The first-order valence-corrected chi connectivity index (χ1v) is 22.2. The minimum absolute atomic E-state index is 0.00649. The number of hydrogen-bond acceptors (Lipinski definition) is 14. The van der Waals surface area contributed by atoms with Gasteiger partial charge in [-0.2, -0.15) is 5.26 Å². The number of nitrogens with zero attached hydrogens (tertiary/aromatic N) is 4. The van der Waals surface area contributed by atoms with Crippen LogP contribution in [0.2, 0.25) is 10.0 Å². The highest BCUT2D eigenvalue weighted by Gasteiger charge is 2.21. The monoisotopic (exact) mass is 976 g/mol. The number of rotatable bonds is 24. The van der Waals surface area contributed by atoms with Gasteiger partial charge in [-0.1, -0.05) is 59.6 Å². The van der Waals surface area contributed by atoms with Crippen molar-refractivity contribution >= 4 is 41.4 Å². The topological polar surface area (TPSA) is 238 Å². The molecule has 4 aromatic carbocycles. The second kappa shape index (κ2) is 24.8. The van der Waals surface area contributed by atoms with Gasteiger partial charge in [0.15, 0.2) is 0 Å². The van der Waals surface area contributed by atoms with Crippen molar-refractivity contribution in [3.05, 3.63) is 163 Å². The highest BCUT2D eigenvalue weighted by molar-refractivity contribution is 6.32. The number of pyridine rings is 2. The van der Waals surface area contributed by atoms with Crippen molar-refractivity contribution in [2.45, 2.75) is 65.4 Å². The Morgan fingerprint density at radius 2 is 1.13 bits per heavy atom. The fraction of sp³-hybridized carbons (Fsp3) is 0.255. The number of aliphatic hydroxyl groups excluding tert-OH is 2. The number of nitriles is 1. The zero-order valence-corrected chi connectivity index (χ0v) is 39.4. The van der Waals surface area contributed by atoms with Crippen molar-refractivity contribution in [3.8, 4) is 40.2 Å². The Bertz CT molecular complexity index is 2860. The van der Waals surface area contributed by atoms with E-state index in [1.165, 1.54) is 6.20 Å². The Kier molecular flexibility index (Phi) is 18.4. The molecular formula is C51H50Cl2N6O10. The van der Waals surface area contributed by atoms with E-state index < -0.39 is 37.2 Å².